The van der Waals surface area contributed by atoms with Crippen molar-refractivity contribution in [2.75, 3.05) is 18.4 Å². The topological polar surface area (TPSA) is 49.4 Å². The summed E-state index contributed by atoms with van der Waals surface area (Å²) < 4.78 is 0. The molecule has 0 aromatic heterocycles. The Bertz CT molecular complexity index is 780. The number of benzene rings is 2. The van der Waals surface area contributed by atoms with Gasteiger partial charge in [0.1, 0.15) is 0 Å². The molecule has 1 aliphatic heterocycles. The van der Waals surface area contributed by atoms with Crippen molar-refractivity contribution in [3.8, 4) is 0 Å². The van der Waals surface area contributed by atoms with Crippen molar-refractivity contribution in [3.05, 3.63) is 65.2 Å². The number of rotatable bonds is 3. The highest BCUT2D eigenvalue weighted by Gasteiger charge is 2.19. The summed E-state index contributed by atoms with van der Waals surface area (Å²) in [4.78, 5) is 26.7. The number of likely N-dealkylation sites (tertiary alicyclic amines) is 1. The molecule has 0 atom stereocenters. The number of amides is 2. The van der Waals surface area contributed by atoms with E-state index >= 15 is 0 Å². The van der Waals surface area contributed by atoms with E-state index in [1.54, 1.807) is 24.3 Å². The number of hydrogen-bond acceptors (Lipinski definition) is 2. The van der Waals surface area contributed by atoms with Gasteiger partial charge in [0.05, 0.1) is 0 Å². The molecule has 0 aliphatic carbocycles. The predicted octanol–water partition coefficient (Wildman–Crippen LogP) is 4.47. The molecule has 1 fully saturated rings. The van der Waals surface area contributed by atoms with Gasteiger partial charge >= 0.3 is 0 Å². The molecule has 0 spiro atoms. The van der Waals surface area contributed by atoms with Crippen LogP contribution in [-0.2, 0) is 5.41 Å². The Labute approximate surface area is 155 Å². The van der Waals surface area contributed by atoms with Gasteiger partial charge in [0.25, 0.3) is 11.8 Å². The van der Waals surface area contributed by atoms with Crippen molar-refractivity contribution in [2.45, 2.75) is 39.0 Å². The third kappa shape index (κ3) is 4.13. The standard InChI is InChI=1S/C22H26N2O2/c1-22(2,3)18-10-12-19(13-11-18)23-20(25)16-6-8-17(9-7-16)21(26)24-14-4-5-15-24/h6-13H,4-5,14-15H2,1-3H3,(H,23,25). The monoisotopic (exact) mass is 350 g/mol. The van der Waals surface area contributed by atoms with Gasteiger partial charge in [-0.05, 0) is 60.2 Å². The summed E-state index contributed by atoms with van der Waals surface area (Å²) in [6, 6.07) is 14.8. The lowest BCUT2D eigenvalue weighted by molar-refractivity contribution is 0.0792. The van der Waals surface area contributed by atoms with Crippen molar-refractivity contribution < 1.29 is 9.59 Å². The molecule has 1 aliphatic rings. The SMILES string of the molecule is CC(C)(C)c1ccc(NC(=O)c2ccc(C(=O)N3CCCC3)cc2)cc1. The molecule has 3 rings (SSSR count). The lowest BCUT2D eigenvalue weighted by Gasteiger charge is -2.19. The summed E-state index contributed by atoms with van der Waals surface area (Å²) in [5.41, 5.74) is 3.25. The Balaban J connectivity index is 1.65. The molecule has 2 amide bonds. The molecule has 2 aromatic rings. The average molecular weight is 350 g/mol. The van der Waals surface area contributed by atoms with Gasteiger partial charge in [0.15, 0.2) is 0 Å². The lowest BCUT2D eigenvalue weighted by Crippen LogP contribution is -2.27. The minimum atomic E-state index is -0.173. The summed E-state index contributed by atoms with van der Waals surface area (Å²) in [7, 11) is 0. The number of carbonyl (C=O) groups excluding carboxylic acids is 2. The van der Waals surface area contributed by atoms with Crippen molar-refractivity contribution >= 4 is 17.5 Å². The average Bonchev–Trinajstić information content (AvgIpc) is 3.15. The highest BCUT2D eigenvalue weighted by atomic mass is 16.2. The highest BCUT2D eigenvalue weighted by molar-refractivity contribution is 6.05. The molecular weight excluding hydrogens is 324 g/mol. The van der Waals surface area contributed by atoms with Crippen LogP contribution in [0.4, 0.5) is 5.69 Å². The van der Waals surface area contributed by atoms with E-state index in [2.05, 4.69) is 26.1 Å². The fourth-order valence-corrected chi connectivity index (χ4v) is 3.12. The van der Waals surface area contributed by atoms with E-state index in [4.69, 9.17) is 0 Å². The second-order valence-electron chi connectivity index (χ2n) is 7.86. The fourth-order valence-electron chi connectivity index (χ4n) is 3.12. The quantitative estimate of drug-likeness (QED) is 0.888. The molecular formula is C22H26N2O2. The van der Waals surface area contributed by atoms with Gasteiger partial charge in [-0.2, -0.15) is 0 Å². The van der Waals surface area contributed by atoms with E-state index < -0.39 is 0 Å². The molecule has 0 saturated carbocycles. The summed E-state index contributed by atoms with van der Waals surface area (Å²) >= 11 is 0. The van der Waals surface area contributed by atoms with Crippen molar-refractivity contribution in [1.29, 1.82) is 0 Å². The molecule has 1 saturated heterocycles. The van der Waals surface area contributed by atoms with Crippen LogP contribution < -0.4 is 5.32 Å². The molecule has 0 radical (unpaired) electrons. The van der Waals surface area contributed by atoms with Gasteiger partial charge in [0.2, 0.25) is 0 Å². The molecule has 1 heterocycles. The second-order valence-corrected chi connectivity index (χ2v) is 7.86. The maximum Gasteiger partial charge on any atom is 0.255 e. The van der Waals surface area contributed by atoms with Crippen LogP contribution in [-0.4, -0.2) is 29.8 Å². The minimum absolute atomic E-state index is 0.0484. The Morgan fingerprint density at radius 1 is 0.846 bits per heavy atom. The van der Waals surface area contributed by atoms with Crippen molar-refractivity contribution in [3.63, 3.8) is 0 Å². The molecule has 136 valence electrons. The molecule has 2 aromatic carbocycles. The van der Waals surface area contributed by atoms with E-state index in [-0.39, 0.29) is 17.2 Å². The Morgan fingerprint density at radius 3 is 1.92 bits per heavy atom. The van der Waals surface area contributed by atoms with Crippen LogP contribution >= 0.6 is 0 Å². The lowest BCUT2D eigenvalue weighted by atomic mass is 9.87. The van der Waals surface area contributed by atoms with Crippen LogP contribution in [0.15, 0.2) is 48.5 Å². The zero-order chi connectivity index (χ0) is 18.7. The maximum absolute atomic E-state index is 12.4. The summed E-state index contributed by atoms with van der Waals surface area (Å²) in [5, 5.41) is 2.91. The van der Waals surface area contributed by atoms with E-state index in [1.807, 2.05) is 29.2 Å². The molecule has 4 heteroatoms. The van der Waals surface area contributed by atoms with Gasteiger partial charge in [-0.15, -0.1) is 0 Å². The summed E-state index contributed by atoms with van der Waals surface area (Å²) in [6.07, 6.45) is 2.14. The molecule has 4 nitrogen and oxygen atoms in total. The number of hydrogen-bond donors (Lipinski definition) is 1. The first-order valence-electron chi connectivity index (χ1n) is 9.16. The zero-order valence-electron chi connectivity index (χ0n) is 15.7. The number of nitrogens with one attached hydrogen (secondary N) is 1. The van der Waals surface area contributed by atoms with Gasteiger partial charge < -0.3 is 10.2 Å². The third-order valence-corrected chi connectivity index (χ3v) is 4.80. The number of carbonyl (C=O) groups is 2. The second kappa shape index (κ2) is 7.32. The van der Waals surface area contributed by atoms with E-state index in [0.29, 0.717) is 11.1 Å². The molecule has 1 N–H and O–H groups in total. The van der Waals surface area contributed by atoms with E-state index in [9.17, 15) is 9.59 Å². The molecule has 0 bridgehead atoms. The van der Waals surface area contributed by atoms with Gasteiger partial charge in [-0.3, -0.25) is 9.59 Å². The van der Waals surface area contributed by atoms with Crippen LogP contribution in [0.5, 0.6) is 0 Å². The van der Waals surface area contributed by atoms with Crippen LogP contribution in [0.3, 0.4) is 0 Å². The van der Waals surface area contributed by atoms with Crippen LogP contribution in [0.1, 0.15) is 59.9 Å². The van der Waals surface area contributed by atoms with Crippen LogP contribution in [0, 0.1) is 0 Å². The van der Waals surface area contributed by atoms with E-state index in [1.165, 1.54) is 5.56 Å². The highest BCUT2D eigenvalue weighted by Crippen LogP contribution is 2.23. The van der Waals surface area contributed by atoms with Crippen molar-refractivity contribution in [1.82, 2.24) is 4.90 Å². The van der Waals surface area contributed by atoms with Crippen LogP contribution in [0.2, 0.25) is 0 Å². The first-order valence-corrected chi connectivity index (χ1v) is 9.16. The summed E-state index contributed by atoms with van der Waals surface area (Å²) in [6.45, 7) is 8.13. The van der Waals surface area contributed by atoms with Gasteiger partial charge in [0, 0.05) is 29.9 Å². The smallest absolute Gasteiger partial charge is 0.255 e. The van der Waals surface area contributed by atoms with Gasteiger partial charge in [-0.25, -0.2) is 0 Å². The molecule has 0 unspecified atom stereocenters. The van der Waals surface area contributed by atoms with Gasteiger partial charge in [-0.1, -0.05) is 32.9 Å². The third-order valence-electron chi connectivity index (χ3n) is 4.80. The van der Waals surface area contributed by atoms with E-state index in [0.717, 1.165) is 31.6 Å². The Morgan fingerprint density at radius 2 is 1.38 bits per heavy atom. The molecule has 26 heavy (non-hydrogen) atoms. The Kier molecular flexibility index (Phi) is 5.12. The number of nitrogens with zero attached hydrogens (tertiary/aromatic N) is 1. The predicted molar refractivity (Wildman–Crippen MR) is 105 cm³/mol. The fraction of sp³-hybridized carbons (Fsp3) is 0.364. The zero-order valence-corrected chi connectivity index (χ0v) is 15.7. The normalized spacial score (nSPS) is 14.3. The number of anilines is 1. The Hall–Kier alpha value is -2.62. The first kappa shape index (κ1) is 18.2. The first-order chi connectivity index (χ1) is 12.3. The maximum atomic E-state index is 12.4. The van der Waals surface area contributed by atoms with Crippen molar-refractivity contribution in [2.24, 2.45) is 0 Å². The largest absolute Gasteiger partial charge is 0.339 e. The van der Waals surface area contributed by atoms with Crippen LogP contribution in [0.25, 0.3) is 0 Å². The minimum Gasteiger partial charge on any atom is -0.339 e. The summed E-state index contributed by atoms with van der Waals surface area (Å²) in [5.74, 6) is -0.124.